The van der Waals surface area contributed by atoms with Crippen molar-refractivity contribution >= 4 is 17.2 Å². The highest BCUT2D eigenvalue weighted by Crippen LogP contribution is 2.23. The summed E-state index contributed by atoms with van der Waals surface area (Å²) < 4.78 is 5.31. The first kappa shape index (κ1) is 16.9. The van der Waals surface area contributed by atoms with E-state index in [1.807, 2.05) is 39.9 Å². The Kier molecular flexibility index (Phi) is 5.06. The van der Waals surface area contributed by atoms with Gasteiger partial charge in [-0.2, -0.15) is 16.3 Å². The molecule has 0 radical (unpaired) electrons. The van der Waals surface area contributed by atoms with Gasteiger partial charge in [0.2, 0.25) is 0 Å². The molecule has 7 heteroatoms. The molecule has 1 fully saturated rings. The van der Waals surface area contributed by atoms with E-state index in [1.54, 1.807) is 17.5 Å². The van der Waals surface area contributed by atoms with E-state index in [0.29, 0.717) is 23.3 Å². The lowest BCUT2D eigenvalue weighted by Crippen LogP contribution is -2.39. The van der Waals surface area contributed by atoms with Gasteiger partial charge in [0.05, 0.1) is 5.56 Å². The lowest BCUT2D eigenvalue weighted by atomic mass is 9.93. The van der Waals surface area contributed by atoms with Gasteiger partial charge >= 0.3 is 0 Å². The lowest BCUT2D eigenvalue weighted by Gasteiger charge is -2.32. The van der Waals surface area contributed by atoms with Crippen LogP contribution in [-0.2, 0) is 6.42 Å². The van der Waals surface area contributed by atoms with Gasteiger partial charge in [0.25, 0.3) is 11.8 Å². The molecule has 1 amide bonds. The highest BCUT2D eigenvalue weighted by molar-refractivity contribution is 7.08. The summed E-state index contributed by atoms with van der Waals surface area (Å²) in [5, 5.41) is 7.94. The van der Waals surface area contributed by atoms with Gasteiger partial charge in [-0.15, -0.1) is 0 Å². The topological polar surface area (TPSA) is 72.1 Å². The Morgan fingerprint density at radius 1 is 1.35 bits per heavy atom. The quantitative estimate of drug-likeness (QED) is 0.687. The van der Waals surface area contributed by atoms with E-state index < -0.39 is 0 Å². The van der Waals surface area contributed by atoms with Crippen molar-refractivity contribution in [3.63, 3.8) is 0 Å². The average molecular weight is 368 g/mol. The number of hydrogen-bond acceptors (Lipinski definition) is 6. The predicted octanol–water partition coefficient (Wildman–Crippen LogP) is 3.68. The Labute approximate surface area is 155 Å². The second-order valence-electron chi connectivity index (χ2n) is 6.54. The smallest absolute Gasteiger partial charge is 0.276 e. The highest BCUT2D eigenvalue weighted by atomic mass is 32.1. The maximum absolute atomic E-state index is 12.5. The van der Waals surface area contributed by atoms with E-state index >= 15 is 0 Å². The molecule has 1 saturated heterocycles. The highest BCUT2D eigenvalue weighted by Gasteiger charge is 2.25. The molecule has 3 aromatic heterocycles. The molecule has 26 heavy (non-hydrogen) atoms. The number of likely N-dealkylation sites (tertiary alicyclic amines) is 1. The SMILES string of the molecule is O=C(c1ccsc1)N1CCCC(CCc2noc(-c3ccccn3)n2)C1. The molecule has 0 spiro atoms. The lowest BCUT2D eigenvalue weighted by molar-refractivity contribution is 0.0668. The third-order valence-electron chi connectivity index (χ3n) is 4.70. The number of hydrogen-bond donors (Lipinski definition) is 0. The summed E-state index contributed by atoms with van der Waals surface area (Å²) in [6.45, 7) is 1.65. The number of piperidine rings is 1. The van der Waals surface area contributed by atoms with Crippen molar-refractivity contribution in [3.8, 4) is 11.6 Å². The van der Waals surface area contributed by atoms with Crippen LogP contribution in [0.15, 0.2) is 45.7 Å². The molecule has 1 unspecified atom stereocenters. The number of aryl methyl sites for hydroxylation is 1. The summed E-state index contributed by atoms with van der Waals surface area (Å²) >= 11 is 1.56. The zero-order valence-corrected chi connectivity index (χ0v) is 15.2. The number of carbonyl (C=O) groups is 1. The van der Waals surface area contributed by atoms with Crippen LogP contribution in [0.3, 0.4) is 0 Å². The fraction of sp³-hybridized carbons (Fsp3) is 0.368. The minimum atomic E-state index is 0.146. The van der Waals surface area contributed by atoms with Crippen molar-refractivity contribution < 1.29 is 9.32 Å². The number of rotatable bonds is 5. The summed E-state index contributed by atoms with van der Waals surface area (Å²) in [5.74, 6) is 1.78. The van der Waals surface area contributed by atoms with Crippen molar-refractivity contribution in [1.29, 1.82) is 0 Å². The van der Waals surface area contributed by atoms with Crippen LogP contribution >= 0.6 is 11.3 Å². The molecule has 0 aliphatic carbocycles. The number of nitrogens with zero attached hydrogens (tertiary/aromatic N) is 4. The third-order valence-corrected chi connectivity index (χ3v) is 5.39. The molecule has 1 aliphatic heterocycles. The van der Waals surface area contributed by atoms with Gasteiger partial charge in [0.15, 0.2) is 5.82 Å². The first-order chi connectivity index (χ1) is 12.8. The second kappa shape index (κ2) is 7.78. The van der Waals surface area contributed by atoms with Crippen molar-refractivity contribution in [2.24, 2.45) is 5.92 Å². The number of amides is 1. The van der Waals surface area contributed by atoms with Gasteiger partial charge in [0, 0.05) is 31.1 Å². The van der Waals surface area contributed by atoms with Crippen LogP contribution in [0.1, 0.15) is 35.4 Å². The molecule has 1 aliphatic rings. The van der Waals surface area contributed by atoms with Gasteiger partial charge in [-0.1, -0.05) is 11.2 Å². The molecule has 1 atom stereocenters. The van der Waals surface area contributed by atoms with Crippen molar-refractivity contribution in [2.45, 2.75) is 25.7 Å². The third kappa shape index (κ3) is 3.83. The minimum Gasteiger partial charge on any atom is -0.338 e. The number of pyridine rings is 1. The number of aromatic nitrogens is 3. The van der Waals surface area contributed by atoms with Gasteiger partial charge in [-0.05, 0) is 48.8 Å². The van der Waals surface area contributed by atoms with E-state index in [0.717, 1.165) is 44.3 Å². The molecule has 4 rings (SSSR count). The normalized spacial score (nSPS) is 17.4. The van der Waals surface area contributed by atoms with E-state index in [-0.39, 0.29) is 5.91 Å². The Morgan fingerprint density at radius 2 is 2.31 bits per heavy atom. The second-order valence-corrected chi connectivity index (χ2v) is 7.32. The summed E-state index contributed by atoms with van der Waals surface area (Å²) in [4.78, 5) is 23.2. The molecule has 0 bridgehead atoms. The Balaban J connectivity index is 1.33. The summed E-state index contributed by atoms with van der Waals surface area (Å²) in [7, 11) is 0. The Bertz CT molecular complexity index is 848. The van der Waals surface area contributed by atoms with Crippen LogP contribution in [0.25, 0.3) is 11.6 Å². The van der Waals surface area contributed by atoms with Crippen LogP contribution in [0.2, 0.25) is 0 Å². The molecular weight excluding hydrogens is 348 g/mol. The van der Waals surface area contributed by atoms with Gasteiger partial charge in [-0.3, -0.25) is 9.78 Å². The molecule has 4 heterocycles. The predicted molar refractivity (Wildman–Crippen MR) is 98.8 cm³/mol. The first-order valence-corrected chi connectivity index (χ1v) is 9.79. The first-order valence-electron chi connectivity index (χ1n) is 8.85. The van der Waals surface area contributed by atoms with Crippen molar-refractivity contribution in [3.05, 3.63) is 52.6 Å². The van der Waals surface area contributed by atoms with Gasteiger partial charge in [0.1, 0.15) is 5.69 Å². The molecule has 0 aromatic carbocycles. The molecule has 0 N–H and O–H groups in total. The van der Waals surface area contributed by atoms with Crippen molar-refractivity contribution in [1.82, 2.24) is 20.0 Å². The van der Waals surface area contributed by atoms with Crippen LogP contribution < -0.4 is 0 Å². The minimum absolute atomic E-state index is 0.146. The van der Waals surface area contributed by atoms with E-state index in [4.69, 9.17) is 4.52 Å². The molecule has 6 nitrogen and oxygen atoms in total. The standard InChI is InChI=1S/C19H20N4O2S/c24-19(15-8-11-26-13-15)23-10-3-4-14(12-23)6-7-17-21-18(25-22-17)16-5-1-2-9-20-16/h1-2,5,8-9,11,13-14H,3-4,6-7,10,12H2. The molecule has 134 valence electrons. The Hall–Kier alpha value is -2.54. The zero-order chi connectivity index (χ0) is 17.8. The van der Waals surface area contributed by atoms with E-state index in [9.17, 15) is 4.79 Å². The fourth-order valence-corrected chi connectivity index (χ4v) is 3.97. The summed E-state index contributed by atoms with van der Waals surface area (Å²) in [6, 6.07) is 7.50. The van der Waals surface area contributed by atoms with Crippen LogP contribution in [0.5, 0.6) is 0 Å². The average Bonchev–Trinajstić information content (AvgIpc) is 3.39. The molecular formula is C19H20N4O2S. The number of thiophene rings is 1. The van der Waals surface area contributed by atoms with Gasteiger partial charge in [-0.25, -0.2) is 0 Å². The maximum Gasteiger partial charge on any atom is 0.276 e. The van der Waals surface area contributed by atoms with Gasteiger partial charge < -0.3 is 9.42 Å². The van der Waals surface area contributed by atoms with Crippen LogP contribution in [0, 0.1) is 5.92 Å². The molecule has 0 saturated carbocycles. The number of carbonyl (C=O) groups excluding carboxylic acids is 1. The Morgan fingerprint density at radius 3 is 3.12 bits per heavy atom. The zero-order valence-electron chi connectivity index (χ0n) is 14.4. The van der Waals surface area contributed by atoms with E-state index in [2.05, 4.69) is 15.1 Å². The summed E-state index contributed by atoms with van der Waals surface area (Å²) in [5.41, 5.74) is 1.49. The van der Waals surface area contributed by atoms with E-state index in [1.165, 1.54) is 0 Å². The fourth-order valence-electron chi connectivity index (χ4n) is 3.34. The largest absolute Gasteiger partial charge is 0.338 e. The monoisotopic (exact) mass is 368 g/mol. The molecule has 3 aromatic rings. The van der Waals surface area contributed by atoms with Crippen LogP contribution in [-0.4, -0.2) is 39.0 Å². The van der Waals surface area contributed by atoms with Crippen LogP contribution in [0.4, 0.5) is 0 Å². The van der Waals surface area contributed by atoms with Crippen molar-refractivity contribution in [2.75, 3.05) is 13.1 Å². The summed E-state index contributed by atoms with van der Waals surface area (Å²) in [6.07, 6.45) is 5.60. The maximum atomic E-state index is 12.5.